The lowest BCUT2D eigenvalue weighted by atomic mass is 10.1. The van der Waals surface area contributed by atoms with Gasteiger partial charge in [-0.1, -0.05) is 11.6 Å². The molecule has 2 N–H and O–H groups in total. The third-order valence-corrected chi connectivity index (χ3v) is 4.53. The van der Waals surface area contributed by atoms with Crippen LogP contribution in [0.5, 0.6) is 5.88 Å². The van der Waals surface area contributed by atoms with Gasteiger partial charge in [0.15, 0.2) is 11.0 Å². The van der Waals surface area contributed by atoms with Gasteiger partial charge in [-0.3, -0.25) is 4.79 Å². The van der Waals surface area contributed by atoms with E-state index in [-0.39, 0.29) is 22.7 Å². The number of aromatic amines is 1. The molecular weight excluding hydrogens is 325 g/mol. The molecule has 122 valence electrons. The molecule has 4 rings (SSSR count). The van der Waals surface area contributed by atoms with Crippen LogP contribution in [0, 0.1) is 5.82 Å². The monoisotopic (exact) mass is 339 g/mol. The first kappa shape index (κ1) is 14.7. The lowest BCUT2D eigenvalue weighted by Gasteiger charge is -2.26. The smallest absolute Gasteiger partial charge is 0.248 e. The van der Waals surface area contributed by atoms with Crippen molar-refractivity contribution >= 4 is 28.4 Å². The summed E-state index contributed by atoms with van der Waals surface area (Å²) >= 11 is 5.88. The molecule has 0 bridgehead atoms. The first-order chi connectivity index (χ1) is 11.1. The molecule has 0 spiro atoms. The fourth-order valence-corrected chi connectivity index (χ4v) is 3.11. The van der Waals surface area contributed by atoms with E-state index in [4.69, 9.17) is 21.4 Å². The molecule has 6 nitrogen and oxygen atoms in total. The Hall–Kier alpha value is -1.86. The summed E-state index contributed by atoms with van der Waals surface area (Å²) in [4.78, 5) is 20.4. The number of rotatable bonds is 3. The number of aromatic nitrogens is 2. The minimum Gasteiger partial charge on any atom is -0.474 e. The normalized spacial score (nSPS) is 17.4. The van der Waals surface area contributed by atoms with E-state index in [1.54, 1.807) is 4.90 Å². The zero-order chi connectivity index (χ0) is 16.1. The molecule has 1 aliphatic carbocycles. The lowest BCUT2D eigenvalue weighted by molar-refractivity contribution is -0.135. The highest BCUT2D eigenvalue weighted by Crippen LogP contribution is 2.39. The number of carbonyl (C=O) groups excluding carboxylic acids is 1. The van der Waals surface area contributed by atoms with Gasteiger partial charge in [0.25, 0.3) is 0 Å². The molecule has 2 aromatic heterocycles. The Bertz CT molecular complexity index is 803. The third-order valence-electron chi connectivity index (χ3n) is 4.28. The fourth-order valence-electron chi connectivity index (χ4n) is 2.93. The number of H-pyrrole nitrogens is 1. The average molecular weight is 340 g/mol. The van der Waals surface area contributed by atoms with Crippen molar-refractivity contribution in [3.8, 4) is 5.88 Å². The standard InChI is InChI=1S/C15H15ClFN3O3/c16-14-12(17)13-11(15(19-14)23-7-1-2-7)8-5-20(10(22)6-21)4-3-9(8)18-13/h7,18,21H,1-6H2. The fraction of sp³-hybridized carbons (Fsp3) is 0.467. The summed E-state index contributed by atoms with van der Waals surface area (Å²) in [5, 5.41) is 9.37. The van der Waals surface area contributed by atoms with Gasteiger partial charge in [-0.15, -0.1) is 0 Å². The van der Waals surface area contributed by atoms with Crippen molar-refractivity contribution in [1.29, 1.82) is 0 Å². The van der Waals surface area contributed by atoms with Gasteiger partial charge in [0.05, 0.1) is 10.9 Å². The quantitative estimate of drug-likeness (QED) is 0.835. The summed E-state index contributed by atoms with van der Waals surface area (Å²) in [7, 11) is 0. The van der Waals surface area contributed by atoms with Crippen molar-refractivity contribution < 1.29 is 19.0 Å². The molecule has 3 heterocycles. The van der Waals surface area contributed by atoms with E-state index in [0.717, 1.165) is 24.1 Å². The number of amides is 1. The van der Waals surface area contributed by atoms with Crippen molar-refractivity contribution in [1.82, 2.24) is 14.9 Å². The average Bonchev–Trinajstić information content (AvgIpc) is 3.28. The largest absolute Gasteiger partial charge is 0.474 e. The number of aliphatic hydroxyl groups is 1. The van der Waals surface area contributed by atoms with Crippen LogP contribution in [0.15, 0.2) is 0 Å². The molecule has 8 heteroatoms. The third kappa shape index (κ3) is 2.44. The van der Waals surface area contributed by atoms with Crippen LogP contribution in [-0.4, -0.2) is 45.1 Å². The van der Waals surface area contributed by atoms with Crippen LogP contribution in [0.2, 0.25) is 5.15 Å². The van der Waals surface area contributed by atoms with Gasteiger partial charge < -0.3 is 19.7 Å². The predicted octanol–water partition coefficient (Wildman–Crippen LogP) is 1.77. The van der Waals surface area contributed by atoms with Crippen LogP contribution in [0.1, 0.15) is 24.1 Å². The molecule has 0 radical (unpaired) electrons. The number of ether oxygens (including phenoxy) is 1. The van der Waals surface area contributed by atoms with E-state index in [1.165, 1.54) is 0 Å². The molecule has 2 aliphatic rings. The molecule has 1 fully saturated rings. The Labute approximate surface area is 136 Å². The van der Waals surface area contributed by atoms with Crippen molar-refractivity contribution in [2.45, 2.75) is 31.9 Å². The zero-order valence-electron chi connectivity index (χ0n) is 12.2. The van der Waals surface area contributed by atoms with E-state index in [9.17, 15) is 9.18 Å². The van der Waals surface area contributed by atoms with Crippen LogP contribution in [-0.2, 0) is 17.8 Å². The minimum atomic E-state index is -0.612. The second-order valence-electron chi connectivity index (χ2n) is 5.89. The topological polar surface area (TPSA) is 78.5 Å². The van der Waals surface area contributed by atoms with Crippen LogP contribution < -0.4 is 4.74 Å². The van der Waals surface area contributed by atoms with E-state index in [2.05, 4.69) is 9.97 Å². The van der Waals surface area contributed by atoms with Crippen molar-refractivity contribution in [3.05, 3.63) is 22.2 Å². The number of nitrogens with zero attached hydrogens (tertiary/aromatic N) is 2. The van der Waals surface area contributed by atoms with Crippen LogP contribution in [0.4, 0.5) is 4.39 Å². The molecule has 1 saturated carbocycles. The number of hydrogen-bond acceptors (Lipinski definition) is 4. The number of hydrogen-bond donors (Lipinski definition) is 2. The maximum Gasteiger partial charge on any atom is 0.248 e. The van der Waals surface area contributed by atoms with Gasteiger partial charge in [0.2, 0.25) is 11.8 Å². The van der Waals surface area contributed by atoms with Gasteiger partial charge in [-0.2, -0.15) is 4.98 Å². The Morgan fingerprint density at radius 1 is 1.52 bits per heavy atom. The molecule has 23 heavy (non-hydrogen) atoms. The molecule has 0 aromatic carbocycles. The highest BCUT2D eigenvalue weighted by atomic mass is 35.5. The van der Waals surface area contributed by atoms with E-state index in [1.807, 2.05) is 0 Å². The van der Waals surface area contributed by atoms with Gasteiger partial charge in [0, 0.05) is 30.8 Å². The maximum absolute atomic E-state index is 14.3. The van der Waals surface area contributed by atoms with Crippen LogP contribution >= 0.6 is 11.6 Å². The van der Waals surface area contributed by atoms with Crippen LogP contribution in [0.25, 0.3) is 10.9 Å². The summed E-state index contributed by atoms with van der Waals surface area (Å²) < 4.78 is 20.1. The number of nitrogens with one attached hydrogen (secondary N) is 1. The molecule has 0 atom stereocenters. The molecule has 2 aromatic rings. The molecule has 1 aliphatic heterocycles. The van der Waals surface area contributed by atoms with Crippen LogP contribution in [0.3, 0.4) is 0 Å². The number of aliphatic hydroxyl groups excluding tert-OH is 1. The molecule has 0 saturated heterocycles. The number of pyridine rings is 1. The van der Waals surface area contributed by atoms with Gasteiger partial charge in [-0.25, -0.2) is 4.39 Å². The summed E-state index contributed by atoms with van der Waals surface area (Å²) in [6.07, 6.45) is 2.53. The molecular formula is C15H15ClFN3O3. The lowest BCUT2D eigenvalue weighted by Crippen LogP contribution is -2.37. The Balaban J connectivity index is 1.85. The predicted molar refractivity (Wildman–Crippen MR) is 80.9 cm³/mol. The van der Waals surface area contributed by atoms with E-state index >= 15 is 0 Å². The number of fused-ring (bicyclic) bond motifs is 3. The second-order valence-corrected chi connectivity index (χ2v) is 6.25. The Kier molecular flexibility index (Phi) is 3.42. The summed E-state index contributed by atoms with van der Waals surface area (Å²) in [5.41, 5.74) is 1.90. The zero-order valence-corrected chi connectivity index (χ0v) is 13.0. The summed E-state index contributed by atoms with van der Waals surface area (Å²) in [6, 6.07) is 0. The maximum atomic E-state index is 14.3. The van der Waals surface area contributed by atoms with E-state index in [0.29, 0.717) is 30.8 Å². The molecule has 1 amide bonds. The summed E-state index contributed by atoms with van der Waals surface area (Å²) in [6.45, 7) is 0.223. The number of carbonyl (C=O) groups is 1. The molecule has 0 unspecified atom stereocenters. The van der Waals surface area contributed by atoms with Crippen molar-refractivity contribution in [3.63, 3.8) is 0 Å². The van der Waals surface area contributed by atoms with Crippen molar-refractivity contribution in [2.24, 2.45) is 0 Å². The highest BCUT2D eigenvalue weighted by molar-refractivity contribution is 6.30. The van der Waals surface area contributed by atoms with Gasteiger partial charge in [0.1, 0.15) is 12.7 Å². The van der Waals surface area contributed by atoms with Gasteiger partial charge >= 0.3 is 0 Å². The Morgan fingerprint density at radius 2 is 2.30 bits per heavy atom. The minimum absolute atomic E-state index is 0.0940. The Morgan fingerprint density at radius 3 is 3.00 bits per heavy atom. The SMILES string of the molecule is O=C(CO)N1CCc2[nH]c3c(F)c(Cl)nc(OC4CC4)c3c2C1. The second kappa shape index (κ2) is 5.35. The first-order valence-corrected chi connectivity index (χ1v) is 7.90. The van der Waals surface area contributed by atoms with Gasteiger partial charge in [-0.05, 0) is 12.8 Å². The van der Waals surface area contributed by atoms with E-state index < -0.39 is 12.4 Å². The first-order valence-electron chi connectivity index (χ1n) is 7.52. The van der Waals surface area contributed by atoms with Crippen molar-refractivity contribution in [2.75, 3.05) is 13.2 Å². The summed E-state index contributed by atoms with van der Waals surface area (Å²) in [5.74, 6) is -0.652. The highest BCUT2D eigenvalue weighted by Gasteiger charge is 2.31. The number of halogens is 2.